The van der Waals surface area contributed by atoms with Crippen LogP contribution in [0.3, 0.4) is 0 Å². The highest BCUT2D eigenvalue weighted by Crippen LogP contribution is 2.22. The molecule has 0 aliphatic rings. The molecule has 84 valence electrons. The van der Waals surface area contributed by atoms with Gasteiger partial charge in [-0.2, -0.15) is 5.10 Å². The van der Waals surface area contributed by atoms with Gasteiger partial charge in [0.05, 0.1) is 6.20 Å². The molecule has 16 heavy (non-hydrogen) atoms. The van der Waals surface area contributed by atoms with Gasteiger partial charge in [-0.1, -0.05) is 18.2 Å². The van der Waals surface area contributed by atoms with Crippen LogP contribution in [0.5, 0.6) is 0 Å². The van der Waals surface area contributed by atoms with Crippen molar-refractivity contribution >= 4 is 23.5 Å². The van der Waals surface area contributed by atoms with Gasteiger partial charge >= 0.3 is 0 Å². The molecule has 2 aromatic rings. The van der Waals surface area contributed by atoms with E-state index in [0.29, 0.717) is 0 Å². The van der Waals surface area contributed by atoms with Crippen molar-refractivity contribution in [2.45, 2.75) is 9.79 Å². The van der Waals surface area contributed by atoms with E-state index < -0.39 is 0 Å². The fourth-order valence-corrected chi connectivity index (χ4v) is 3.15. The fraction of sp³-hybridized carbons (Fsp3) is 0.250. The Bertz CT molecular complexity index is 426. The Hall–Kier alpha value is -0.870. The summed E-state index contributed by atoms with van der Waals surface area (Å²) in [6.07, 6.45) is 3.97. The Labute approximate surface area is 104 Å². The summed E-state index contributed by atoms with van der Waals surface area (Å²) in [6, 6.07) is 10.5. The lowest BCUT2D eigenvalue weighted by Crippen LogP contribution is -1.84. The molecule has 0 bridgehead atoms. The van der Waals surface area contributed by atoms with Gasteiger partial charge in [-0.05, 0) is 12.1 Å². The molecule has 1 aromatic carbocycles. The van der Waals surface area contributed by atoms with E-state index in [9.17, 15) is 0 Å². The van der Waals surface area contributed by atoms with Gasteiger partial charge in [0, 0.05) is 34.5 Å². The van der Waals surface area contributed by atoms with Crippen LogP contribution in [0.15, 0.2) is 52.5 Å². The zero-order valence-electron chi connectivity index (χ0n) is 9.17. The van der Waals surface area contributed by atoms with Gasteiger partial charge < -0.3 is 0 Å². The first-order valence-corrected chi connectivity index (χ1v) is 7.11. The molecule has 0 aliphatic carbocycles. The van der Waals surface area contributed by atoms with E-state index in [-0.39, 0.29) is 0 Å². The lowest BCUT2D eigenvalue weighted by molar-refractivity contribution is 0.766. The van der Waals surface area contributed by atoms with Crippen molar-refractivity contribution in [3.8, 4) is 0 Å². The average molecular weight is 250 g/mol. The van der Waals surface area contributed by atoms with E-state index >= 15 is 0 Å². The number of aromatic nitrogens is 2. The monoisotopic (exact) mass is 250 g/mol. The number of aryl methyl sites for hydroxylation is 1. The van der Waals surface area contributed by atoms with E-state index in [1.54, 1.807) is 0 Å². The number of thioether (sulfide) groups is 2. The molecular formula is C12H14N2S2. The molecule has 0 atom stereocenters. The molecule has 0 saturated carbocycles. The molecule has 0 radical (unpaired) electrons. The molecule has 0 N–H and O–H groups in total. The van der Waals surface area contributed by atoms with Crippen LogP contribution in [0.1, 0.15) is 0 Å². The zero-order chi connectivity index (χ0) is 11.2. The Morgan fingerprint density at radius 1 is 1.06 bits per heavy atom. The van der Waals surface area contributed by atoms with Crippen molar-refractivity contribution in [2.75, 3.05) is 11.5 Å². The van der Waals surface area contributed by atoms with Gasteiger partial charge in [0.15, 0.2) is 0 Å². The summed E-state index contributed by atoms with van der Waals surface area (Å²) in [5.41, 5.74) is 0. The molecule has 4 heteroatoms. The highest BCUT2D eigenvalue weighted by atomic mass is 32.2. The lowest BCUT2D eigenvalue weighted by atomic mass is 10.4. The largest absolute Gasteiger partial charge is 0.275 e. The van der Waals surface area contributed by atoms with Gasteiger partial charge in [0.25, 0.3) is 0 Å². The van der Waals surface area contributed by atoms with E-state index in [2.05, 4.69) is 41.6 Å². The third kappa shape index (κ3) is 3.61. The van der Waals surface area contributed by atoms with Crippen molar-refractivity contribution < 1.29 is 0 Å². The molecule has 2 nitrogen and oxygen atoms in total. The molecule has 0 unspecified atom stereocenters. The summed E-state index contributed by atoms with van der Waals surface area (Å²) >= 11 is 3.75. The second kappa shape index (κ2) is 6.01. The maximum Gasteiger partial charge on any atom is 0.0625 e. The lowest BCUT2D eigenvalue weighted by Gasteiger charge is -1.99. The predicted octanol–water partition coefficient (Wildman–Crippen LogP) is 3.30. The second-order valence-electron chi connectivity index (χ2n) is 3.36. The highest BCUT2D eigenvalue weighted by Gasteiger charge is 1.97. The first-order chi connectivity index (χ1) is 7.84. The van der Waals surface area contributed by atoms with Gasteiger partial charge in [-0.25, -0.2) is 0 Å². The van der Waals surface area contributed by atoms with Crippen LogP contribution in [-0.4, -0.2) is 21.3 Å². The maximum absolute atomic E-state index is 4.14. The number of benzene rings is 1. The van der Waals surface area contributed by atoms with Crippen molar-refractivity contribution in [3.05, 3.63) is 42.7 Å². The van der Waals surface area contributed by atoms with Crippen LogP contribution < -0.4 is 0 Å². The number of nitrogens with zero attached hydrogens (tertiary/aromatic N) is 2. The minimum atomic E-state index is 1.12. The van der Waals surface area contributed by atoms with Gasteiger partial charge in [-0.15, -0.1) is 23.5 Å². The Kier molecular flexibility index (Phi) is 4.36. The Morgan fingerprint density at radius 2 is 1.75 bits per heavy atom. The number of rotatable bonds is 5. The third-order valence-electron chi connectivity index (χ3n) is 2.05. The summed E-state index contributed by atoms with van der Waals surface area (Å²) in [5.74, 6) is 2.24. The standard InChI is InChI=1S/C12H14N2S2/c1-14-10-12(9-13-14)16-8-7-15-11-5-3-2-4-6-11/h2-6,9-10H,7-8H2,1H3. The van der Waals surface area contributed by atoms with Crippen LogP contribution in [0.25, 0.3) is 0 Å². The van der Waals surface area contributed by atoms with Crippen LogP contribution in [0.4, 0.5) is 0 Å². The Morgan fingerprint density at radius 3 is 2.38 bits per heavy atom. The maximum atomic E-state index is 4.14. The first-order valence-electron chi connectivity index (χ1n) is 5.14. The van der Waals surface area contributed by atoms with Crippen LogP contribution in [-0.2, 0) is 7.05 Å². The summed E-state index contributed by atoms with van der Waals surface area (Å²) in [5, 5.41) is 4.14. The van der Waals surface area contributed by atoms with E-state index in [1.165, 1.54) is 9.79 Å². The molecule has 0 spiro atoms. The minimum absolute atomic E-state index is 1.12. The number of hydrogen-bond donors (Lipinski definition) is 0. The van der Waals surface area contributed by atoms with Crippen LogP contribution >= 0.6 is 23.5 Å². The minimum Gasteiger partial charge on any atom is -0.275 e. The van der Waals surface area contributed by atoms with E-state index in [0.717, 1.165) is 11.5 Å². The van der Waals surface area contributed by atoms with Gasteiger partial charge in [0.2, 0.25) is 0 Å². The molecule has 0 aliphatic heterocycles. The van der Waals surface area contributed by atoms with Crippen molar-refractivity contribution in [3.63, 3.8) is 0 Å². The zero-order valence-corrected chi connectivity index (χ0v) is 10.8. The van der Waals surface area contributed by atoms with E-state index in [1.807, 2.05) is 41.5 Å². The predicted molar refractivity (Wildman–Crippen MR) is 71.1 cm³/mol. The molecular weight excluding hydrogens is 236 g/mol. The number of hydrogen-bond acceptors (Lipinski definition) is 3. The highest BCUT2D eigenvalue weighted by molar-refractivity contribution is 8.03. The second-order valence-corrected chi connectivity index (χ2v) is 5.70. The normalized spacial score (nSPS) is 10.6. The third-order valence-corrected chi connectivity index (χ3v) is 4.27. The van der Waals surface area contributed by atoms with Gasteiger partial charge in [-0.3, -0.25) is 4.68 Å². The smallest absolute Gasteiger partial charge is 0.0625 e. The molecule has 0 fully saturated rings. The van der Waals surface area contributed by atoms with Crippen molar-refractivity contribution in [2.24, 2.45) is 7.05 Å². The summed E-state index contributed by atoms with van der Waals surface area (Å²) in [6.45, 7) is 0. The average Bonchev–Trinajstić information content (AvgIpc) is 2.72. The fourth-order valence-electron chi connectivity index (χ4n) is 1.31. The van der Waals surface area contributed by atoms with Crippen LogP contribution in [0, 0.1) is 0 Å². The Balaban J connectivity index is 1.69. The van der Waals surface area contributed by atoms with Crippen molar-refractivity contribution in [1.82, 2.24) is 9.78 Å². The topological polar surface area (TPSA) is 17.8 Å². The SMILES string of the molecule is Cn1cc(SCCSc2ccccc2)cn1. The summed E-state index contributed by atoms with van der Waals surface area (Å²) in [4.78, 5) is 2.59. The van der Waals surface area contributed by atoms with E-state index in [4.69, 9.17) is 0 Å². The summed E-state index contributed by atoms with van der Waals surface area (Å²) < 4.78 is 1.84. The molecule has 2 rings (SSSR count). The van der Waals surface area contributed by atoms with Crippen molar-refractivity contribution in [1.29, 1.82) is 0 Å². The molecule has 1 aromatic heterocycles. The summed E-state index contributed by atoms with van der Waals surface area (Å²) in [7, 11) is 1.95. The van der Waals surface area contributed by atoms with Crippen LogP contribution in [0.2, 0.25) is 0 Å². The first kappa shape index (κ1) is 11.6. The quantitative estimate of drug-likeness (QED) is 0.599. The molecule has 0 saturated heterocycles. The molecule has 1 heterocycles. The molecule has 0 amide bonds. The van der Waals surface area contributed by atoms with Gasteiger partial charge in [0.1, 0.15) is 0 Å².